The molecule has 6 heteroatoms. The van der Waals surface area contributed by atoms with Crippen LogP contribution in [0.1, 0.15) is 23.0 Å². The van der Waals surface area contributed by atoms with E-state index >= 15 is 0 Å². The second-order valence-corrected chi connectivity index (χ2v) is 4.53. The maximum absolute atomic E-state index is 11.8. The Kier molecular flexibility index (Phi) is 4.29. The van der Waals surface area contributed by atoms with Crippen molar-refractivity contribution in [1.29, 1.82) is 0 Å². The number of carbonyl (C=O) groups excluding carboxylic acids is 1. The molecule has 0 spiro atoms. The third-order valence-electron chi connectivity index (χ3n) is 2.87. The van der Waals surface area contributed by atoms with Gasteiger partial charge in [0, 0.05) is 5.02 Å². The molecule has 0 fully saturated rings. The number of nitrogens with zero attached hydrogens (tertiary/aromatic N) is 2. The number of ether oxygens (including phenoxy) is 2. The van der Waals surface area contributed by atoms with Crippen LogP contribution in [0.4, 0.5) is 0 Å². The molecule has 1 aromatic heterocycles. The van der Waals surface area contributed by atoms with Gasteiger partial charge in [-0.2, -0.15) is 5.10 Å². The van der Waals surface area contributed by atoms with Gasteiger partial charge in [-0.05, 0) is 32.0 Å². The molecule has 0 radical (unpaired) electrons. The highest BCUT2D eigenvalue weighted by molar-refractivity contribution is 6.30. The quantitative estimate of drug-likeness (QED) is 0.813. The average molecular weight is 295 g/mol. The SMILES string of the molecule is CCOC(=O)c1cnn(-c2cc(Cl)ccc2OC)c1C. The fourth-order valence-electron chi connectivity index (χ4n) is 1.89. The Hall–Kier alpha value is -2.01. The van der Waals surface area contributed by atoms with Crippen LogP contribution < -0.4 is 4.74 Å². The van der Waals surface area contributed by atoms with Crippen molar-refractivity contribution in [1.82, 2.24) is 9.78 Å². The Morgan fingerprint density at radius 1 is 1.45 bits per heavy atom. The van der Waals surface area contributed by atoms with Crippen LogP contribution in [-0.4, -0.2) is 29.5 Å². The Bertz CT molecular complexity index is 637. The number of methoxy groups -OCH3 is 1. The molecule has 20 heavy (non-hydrogen) atoms. The van der Waals surface area contributed by atoms with Gasteiger partial charge in [-0.1, -0.05) is 11.6 Å². The normalized spacial score (nSPS) is 10.4. The highest BCUT2D eigenvalue weighted by Crippen LogP contribution is 2.27. The van der Waals surface area contributed by atoms with Crippen molar-refractivity contribution >= 4 is 17.6 Å². The van der Waals surface area contributed by atoms with Crippen molar-refractivity contribution < 1.29 is 14.3 Å². The number of aromatic nitrogens is 2. The minimum absolute atomic E-state index is 0.323. The molecule has 0 bridgehead atoms. The van der Waals surface area contributed by atoms with Crippen LogP contribution in [0.5, 0.6) is 5.75 Å². The number of esters is 1. The molecule has 2 rings (SSSR count). The summed E-state index contributed by atoms with van der Waals surface area (Å²) >= 11 is 6.01. The summed E-state index contributed by atoms with van der Waals surface area (Å²) in [5.74, 6) is 0.230. The van der Waals surface area contributed by atoms with Gasteiger partial charge in [-0.25, -0.2) is 9.48 Å². The summed E-state index contributed by atoms with van der Waals surface area (Å²) in [7, 11) is 1.57. The summed E-state index contributed by atoms with van der Waals surface area (Å²) in [6.07, 6.45) is 1.48. The van der Waals surface area contributed by atoms with E-state index < -0.39 is 5.97 Å². The Balaban J connectivity index is 2.49. The summed E-state index contributed by atoms with van der Waals surface area (Å²) in [6.45, 7) is 3.88. The van der Waals surface area contributed by atoms with E-state index in [9.17, 15) is 4.79 Å². The largest absolute Gasteiger partial charge is 0.494 e. The van der Waals surface area contributed by atoms with E-state index in [0.717, 1.165) is 0 Å². The first kappa shape index (κ1) is 14.4. The van der Waals surface area contributed by atoms with Crippen molar-refractivity contribution in [3.63, 3.8) is 0 Å². The van der Waals surface area contributed by atoms with Crippen molar-refractivity contribution in [2.75, 3.05) is 13.7 Å². The zero-order chi connectivity index (χ0) is 14.7. The van der Waals surface area contributed by atoms with E-state index in [1.807, 2.05) is 0 Å². The third kappa shape index (κ3) is 2.63. The molecule has 1 aromatic carbocycles. The van der Waals surface area contributed by atoms with Crippen LogP contribution in [0, 0.1) is 6.92 Å². The van der Waals surface area contributed by atoms with Crippen LogP contribution in [-0.2, 0) is 4.74 Å². The first-order chi connectivity index (χ1) is 9.58. The molecule has 5 nitrogen and oxygen atoms in total. The minimum Gasteiger partial charge on any atom is -0.494 e. The summed E-state index contributed by atoms with van der Waals surface area (Å²) < 4.78 is 11.9. The number of rotatable bonds is 4. The van der Waals surface area contributed by atoms with Crippen LogP contribution in [0.15, 0.2) is 24.4 Å². The van der Waals surface area contributed by atoms with E-state index in [1.54, 1.807) is 43.8 Å². The lowest BCUT2D eigenvalue weighted by Gasteiger charge is -2.10. The zero-order valence-electron chi connectivity index (χ0n) is 11.5. The van der Waals surface area contributed by atoms with Crippen LogP contribution >= 0.6 is 11.6 Å². The highest BCUT2D eigenvalue weighted by atomic mass is 35.5. The lowest BCUT2D eigenvalue weighted by molar-refractivity contribution is 0.0525. The first-order valence-electron chi connectivity index (χ1n) is 6.14. The van der Waals surface area contributed by atoms with E-state index in [-0.39, 0.29) is 0 Å². The molecule has 0 aliphatic rings. The van der Waals surface area contributed by atoms with Gasteiger partial charge in [0.2, 0.25) is 0 Å². The Labute approximate surface area is 122 Å². The average Bonchev–Trinajstić information content (AvgIpc) is 2.80. The number of carbonyl (C=O) groups is 1. The molecule has 0 atom stereocenters. The molecule has 0 aliphatic carbocycles. The molecule has 106 valence electrons. The van der Waals surface area contributed by atoms with Crippen molar-refractivity contribution in [2.45, 2.75) is 13.8 Å². The van der Waals surface area contributed by atoms with Crippen molar-refractivity contribution in [3.05, 3.63) is 40.7 Å². The summed E-state index contributed by atoms with van der Waals surface area (Å²) in [6, 6.07) is 5.22. The van der Waals surface area contributed by atoms with Gasteiger partial charge in [0.05, 0.1) is 25.6 Å². The molecule has 0 aliphatic heterocycles. The van der Waals surface area contributed by atoms with Gasteiger partial charge < -0.3 is 9.47 Å². The number of benzene rings is 1. The van der Waals surface area contributed by atoms with Crippen LogP contribution in [0.2, 0.25) is 5.02 Å². The molecular weight excluding hydrogens is 280 g/mol. The van der Waals surface area contributed by atoms with Gasteiger partial charge >= 0.3 is 5.97 Å². The smallest absolute Gasteiger partial charge is 0.341 e. The second-order valence-electron chi connectivity index (χ2n) is 4.09. The molecule has 0 saturated carbocycles. The monoisotopic (exact) mass is 294 g/mol. The molecule has 2 aromatic rings. The Morgan fingerprint density at radius 2 is 2.20 bits per heavy atom. The van der Waals surface area contributed by atoms with E-state index in [4.69, 9.17) is 21.1 Å². The molecule has 1 heterocycles. The van der Waals surface area contributed by atoms with Gasteiger partial charge in [0.1, 0.15) is 17.0 Å². The lowest BCUT2D eigenvalue weighted by Crippen LogP contribution is -2.07. The third-order valence-corrected chi connectivity index (χ3v) is 3.11. The van der Waals surface area contributed by atoms with E-state index in [0.29, 0.717) is 34.3 Å². The first-order valence-corrected chi connectivity index (χ1v) is 6.52. The predicted molar refractivity (Wildman–Crippen MR) is 75.8 cm³/mol. The van der Waals surface area contributed by atoms with Crippen molar-refractivity contribution in [3.8, 4) is 11.4 Å². The number of halogens is 1. The summed E-state index contributed by atoms with van der Waals surface area (Å²) in [5, 5.41) is 4.78. The van der Waals surface area contributed by atoms with Gasteiger partial charge in [0.15, 0.2) is 0 Å². The van der Waals surface area contributed by atoms with Gasteiger partial charge in [-0.3, -0.25) is 0 Å². The molecular formula is C14H15ClN2O3. The number of hydrogen-bond acceptors (Lipinski definition) is 4. The maximum Gasteiger partial charge on any atom is 0.341 e. The summed E-state index contributed by atoms with van der Waals surface area (Å²) in [5.41, 5.74) is 1.77. The molecule has 0 N–H and O–H groups in total. The summed E-state index contributed by atoms with van der Waals surface area (Å²) in [4.78, 5) is 11.8. The van der Waals surface area contributed by atoms with E-state index in [2.05, 4.69) is 5.10 Å². The maximum atomic E-state index is 11.8. The topological polar surface area (TPSA) is 53.3 Å². The lowest BCUT2D eigenvalue weighted by atomic mass is 10.2. The number of hydrogen-bond donors (Lipinski definition) is 0. The standard InChI is InChI=1S/C14H15ClN2O3/c1-4-20-14(18)11-8-16-17(9(11)2)12-7-10(15)5-6-13(12)19-3/h5-8H,4H2,1-3H3. The molecule has 0 saturated heterocycles. The fraction of sp³-hybridized carbons (Fsp3) is 0.286. The van der Waals surface area contributed by atoms with Crippen LogP contribution in [0.25, 0.3) is 5.69 Å². The zero-order valence-corrected chi connectivity index (χ0v) is 12.3. The fourth-order valence-corrected chi connectivity index (χ4v) is 2.06. The highest BCUT2D eigenvalue weighted by Gasteiger charge is 2.18. The van der Waals surface area contributed by atoms with Gasteiger partial charge in [-0.15, -0.1) is 0 Å². The molecule has 0 unspecified atom stereocenters. The van der Waals surface area contributed by atoms with Gasteiger partial charge in [0.25, 0.3) is 0 Å². The van der Waals surface area contributed by atoms with Crippen molar-refractivity contribution in [2.24, 2.45) is 0 Å². The predicted octanol–water partition coefficient (Wildman–Crippen LogP) is 3.02. The Morgan fingerprint density at radius 3 is 2.85 bits per heavy atom. The van der Waals surface area contributed by atoms with E-state index in [1.165, 1.54) is 6.20 Å². The molecule has 0 amide bonds. The van der Waals surface area contributed by atoms with Crippen LogP contribution in [0.3, 0.4) is 0 Å². The minimum atomic E-state index is -0.391. The second kappa shape index (κ2) is 5.96.